The van der Waals surface area contributed by atoms with Crippen LogP contribution in [0.3, 0.4) is 0 Å². The number of carbonyl (C=O) groups excluding carboxylic acids is 1. The number of carbonyl (C=O) groups is 1. The average molecular weight is 377 g/mol. The van der Waals surface area contributed by atoms with E-state index in [1.165, 1.54) is 5.69 Å². The maximum absolute atomic E-state index is 12.2. The number of benzene rings is 2. The van der Waals surface area contributed by atoms with Gasteiger partial charge in [-0.05, 0) is 75.7 Å². The Morgan fingerprint density at radius 1 is 1.00 bits per heavy atom. The predicted octanol–water partition coefficient (Wildman–Crippen LogP) is 1.89. The second kappa shape index (κ2) is 10.6. The fraction of sp³-hybridized carbons (Fsp3) is 0.350. The van der Waals surface area contributed by atoms with E-state index in [2.05, 4.69) is 35.4 Å². The molecule has 0 unspecified atom stereocenters. The van der Waals surface area contributed by atoms with Crippen LogP contribution in [-0.2, 0) is 0 Å². The minimum atomic E-state index is -0.261. The second-order valence-electron chi connectivity index (χ2n) is 5.71. The van der Waals surface area contributed by atoms with Gasteiger partial charge in [0.05, 0.1) is 6.61 Å². The Balaban J connectivity index is 0.00000338. The predicted molar refractivity (Wildman–Crippen MR) is 105 cm³/mol. The van der Waals surface area contributed by atoms with E-state index in [-0.39, 0.29) is 18.4 Å². The number of nitrogens with one attached hydrogen (secondary N) is 2. The third-order valence-electron chi connectivity index (χ3n) is 4.01. The smallest absolute Gasteiger partial charge is 0.323 e. The van der Waals surface area contributed by atoms with Crippen molar-refractivity contribution >= 4 is 23.1 Å². The monoisotopic (exact) mass is 376 g/mol. The van der Waals surface area contributed by atoms with Crippen LogP contribution in [0.5, 0.6) is 5.75 Å². The molecule has 0 aliphatic heterocycles. The normalized spacial score (nSPS) is 9.85. The molecule has 2 amide bonds. The summed E-state index contributed by atoms with van der Waals surface area (Å²) in [5.41, 5.74) is 3.73. The lowest BCUT2D eigenvalue weighted by Crippen LogP contribution is -3.00. The lowest BCUT2D eigenvalue weighted by atomic mass is 10.1. The Kier molecular flexibility index (Phi) is 8.79. The van der Waals surface area contributed by atoms with Crippen LogP contribution in [0.4, 0.5) is 21.9 Å². The second-order valence-corrected chi connectivity index (χ2v) is 5.71. The van der Waals surface area contributed by atoms with Crippen molar-refractivity contribution in [3.8, 4) is 5.75 Å². The van der Waals surface area contributed by atoms with Crippen molar-refractivity contribution in [1.29, 1.82) is 0 Å². The molecule has 2 aromatic carbocycles. The van der Waals surface area contributed by atoms with E-state index in [1.54, 1.807) is 0 Å². The van der Waals surface area contributed by atoms with Crippen molar-refractivity contribution in [2.45, 2.75) is 27.7 Å². The molecule has 0 saturated carbocycles. The number of rotatable bonds is 7. The Morgan fingerprint density at radius 2 is 1.65 bits per heavy atom. The van der Waals surface area contributed by atoms with E-state index in [1.807, 2.05) is 50.2 Å². The number of ether oxygens (including phenoxy) is 1. The average Bonchev–Trinajstić information content (AvgIpc) is 2.60. The minimum absolute atomic E-state index is 0. The molecule has 0 heterocycles. The van der Waals surface area contributed by atoms with E-state index in [9.17, 15) is 4.79 Å². The number of halogens is 1. The summed E-state index contributed by atoms with van der Waals surface area (Å²) < 4.78 is 5.39. The van der Waals surface area contributed by atoms with Gasteiger partial charge in [0.2, 0.25) is 0 Å². The molecule has 5 nitrogen and oxygen atoms in total. The molecule has 26 heavy (non-hydrogen) atoms. The van der Waals surface area contributed by atoms with Crippen molar-refractivity contribution < 1.29 is 21.9 Å². The summed E-state index contributed by atoms with van der Waals surface area (Å²) in [5.74, 6) is 0.788. The molecular weight excluding hydrogens is 350 g/mol. The topological polar surface area (TPSA) is 53.6 Å². The zero-order valence-electron chi connectivity index (χ0n) is 15.8. The SMILES string of the molecule is CCOc1ccc(NC(=O)Nc2ccc(N(CC)CC)cc2C)cc1.[Cl-]. The zero-order valence-corrected chi connectivity index (χ0v) is 16.6. The molecule has 142 valence electrons. The number of aryl methyl sites for hydroxylation is 1. The summed E-state index contributed by atoms with van der Waals surface area (Å²) in [4.78, 5) is 14.5. The summed E-state index contributed by atoms with van der Waals surface area (Å²) in [6, 6.07) is 13.1. The van der Waals surface area contributed by atoms with E-state index < -0.39 is 0 Å². The first-order chi connectivity index (χ1) is 12.1. The van der Waals surface area contributed by atoms with Crippen molar-refractivity contribution in [2.24, 2.45) is 0 Å². The van der Waals surface area contributed by atoms with Gasteiger partial charge in [0, 0.05) is 30.2 Å². The standard InChI is InChI=1S/C20H27N3O2.ClH/c1-5-23(6-2)17-10-13-19(15(4)14-17)22-20(24)21-16-8-11-18(12-9-16)25-7-3;/h8-14H,5-7H2,1-4H3,(H2,21,22,24);1H/p-1. The Hall–Kier alpha value is -2.40. The van der Waals surface area contributed by atoms with E-state index in [0.717, 1.165) is 35.8 Å². The Morgan fingerprint density at radius 3 is 2.19 bits per heavy atom. The summed E-state index contributed by atoms with van der Waals surface area (Å²) in [6.45, 7) is 10.7. The summed E-state index contributed by atoms with van der Waals surface area (Å²) >= 11 is 0. The maximum atomic E-state index is 12.2. The fourth-order valence-electron chi connectivity index (χ4n) is 2.66. The van der Waals surface area contributed by atoms with Crippen molar-refractivity contribution in [3.63, 3.8) is 0 Å². The molecule has 0 aliphatic carbocycles. The first kappa shape index (κ1) is 21.6. The van der Waals surface area contributed by atoms with Gasteiger partial charge >= 0.3 is 6.03 Å². The van der Waals surface area contributed by atoms with Crippen molar-refractivity contribution in [2.75, 3.05) is 35.2 Å². The summed E-state index contributed by atoms with van der Waals surface area (Å²) in [7, 11) is 0. The van der Waals surface area contributed by atoms with E-state index in [0.29, 0.717) is 6.61 Å². The highest BCUT2D eigenvalue weighted by Crippen LogP contribution is 2.23. The molecule has 0 atom stereocenters. The number of amides is 2. The number of anilines is 3. The lowest BCUT2D eigenvalue weighted by Gasteiger charge is -2.22. The molecule has 0 spiro atoms. The molecule has 0 fully saturated rings. The van der Waals surface area contributed by atoms with Crippen LogP contribution in [-0.4, -0.2) is 25.7 Å². The number of nitrogens with zero attached hydrogens (tertiary/aromatic N) is 1. The van der Waals surface area contributed by atoms with Gasteiger partial charge in [0.1, 0.15) is 5.75 Å². The highest BCUT2D eigenvalue weighted by atomic mass is 35.5. The molecule has 2 N–H and O–H groups in total. The van der Waals surface area contributed by atoms with Crippen molar-refractivity contribution in [3.05, 3.63) is 48.0 Å². The van der Waals surface area contributed by atoms with Crippen LogP contribution in [0.2, 0.25) is 0 Å². The highest BCUT2D eigenvalue weighted by molar-refractivity contribution is 6.00. The van der Waals surface area contributed by atoms with Crippen LogP contribution in [0.1, 0.15) is 26.3 Å². The van der Waals surface area contributed by atoms with E-state index in [4.69, 9.17) is 4.74 Å². The van der Waals surface area contributed by atoms with Gasteiger partial charge < -0.3 is 32.7 Å². The summed E-state index contributed by atoms with van der Waals surface area (Å²) in [6.07, 6.45) is 0. The first-order valence-corrected chi connectivity index (χ1v) is 8.73. The van der Waals surface area contributed by atoms with Crippen LogP contribution in [0, 0.1) is 6.92 Å². The van der Waals surface area contributed by atoms with Gasteiger partial charge in [0.25, 0.3) is 0 Å². The number of hydrogen-bond acceptors (Lipinski definition) is 3. The minimum Gasteiger partial charge on any atom is -1.00 e. The largest absolute Gasteiger partial charge is 1.00 e. The molecular formula is C20H27ClN3O2-. The number of urea groups is 1. The Bertz CT molecular complexity index is 701. The van der Waals surface area contributed by atoms with Crippen LogP contribution >= 0.6 is 0 Å². The van der Waals surface area contributed by atoms with Gasteiger partial charge in [-0.25, -0.2) is 4.79 Å². The quantitative estimate of drug-likeness (QED) is 0.776. The van der Waals surface area contributed by atoms with Crippen LogP contribution in [0.25, 0.3) is 0 Å². The van der Waals surface area contributed by atoms with Gasteiger partial charge in [-0.3, -0.25) is 0 Å². The van der Waals surface area contributed by atoms with Crippen molar-refractivity contribution in [1.82, 2.24) is 0 Å². The molecule has 6 heteroatoms. The molecule has 2 rings (SSSR count). The molecule has 0 radical (unpaired) electrons. The molecule has 0 saturated heterocycles. The lowest BCUT2D eigenvalue weighted by molar-refractivity contribution is -0.00000871. The molecule has 0 aliphatic rings. The van der Waals surface area contributed by atoms with Crippen LogP contribution in [0.15, 0.2) is 42.5 Å². The Labute approximate surface area is 162 Å². The number of hydrogen-bond donors (Lipinski definition) is 2. The van der Waals surface area contributed by atoms with Gasteiger partial charge in [-0.15, -0.1) is 0 Å². The third-order valence-corrected chi connectivity index (χ3v) is 4.01. The highest BCUT2D eigenvalue weighted by Gasteiger charge is 2.08. The third kappa shape index (κ3) is 5.85. The van der Waals surface area contributed by atoms with Gasteiger partial charge in [-0.1, -0.05) is 0 Å². The van der Waals surface area contributed by atoms with Gasteiger partial charge in [-0.2, -0.15) is 0 Å². The summed E-state index contributed by atoms with van der Waals surface area (Å²) in [5, 5.41) is 5.73. The van der Waals surface area contributed by atoms with Crippen LogP contribution < -0.4 is 32.7 Å². The van der Waals surface area contributed by atoms with E-state index >= 15 is 0 Å². The fourth-order valence-corrected chi connectivity index (χ4v) is 2.66. The zero-order chi connectivity index (χ0) is 18.2. The maximum Gasteiger partial charge on any atom is 0.323 e. The van der Waals surface area contributed by atoms with Gasteiger partial charge in [0.15, 0.2) is 0 Å². The first-order valence-electron chi connectivity index (χ1n) is 8.73. The molecule has 2 aromatic rings. The molecule has 0 aromatic heterocycles. The molecule has 0 bridgehead atoms.